The minimum Gasteiger partial charge on any atom is -0.338 e. The quantitative estimate of drug-likeness (QED) is 0.829. The standard InChI is InChI=1S/C15H15N5O2S/c16-12-13-6-7-17-15(18-13)19-8-10-20(11-9-19)23(21,22)14-4-2-1-3-5-14/h1-7H,8-11H2. The lowest BCUT2D eigenvalue weighted by Crippen LogP contribution is -2.49. The highest BCUT2D eigenvalue weighted by molar-refractivity contribution is 7.89. The van der Waals surface area contributed by atoms with Crippen molar-refractivity contribution >= 4 is 16.0 Å². The topological polar surface area (TPSA) is 90.2 Å². The molecule has 1 fully saturated rings. The van der Waals surface area contributed by atoms with Gasteiger partial charge in [0.2, 0.25) is 16.0 Å². The molecule has 0 radical (unpaired) electrons. The molecule has 0 saturated carbocycles. The first-order chi connectivity index (χ1) is 11.1. The van der Waals surface area contributed by atoms with Crippen molar-refractivity contribution in [3.05, 3.63) is 48.3 Å². The van der Waals surface area contributed by atoms with Gasteiger partial charge in [-0.3, -0.25) is 0 Å². The van der Waals surface area contributed by atoms with Gasteiger partial charge in [-0.1, -0.05) is 18.2 Å². The zero-order valence-electron chi connectivity index (χ0n) is 12.3. The van der Waals surface area contributed by atoms with Gasteiger partial charge in [0.25, 0.3) is 0 Å². The Balaban J connectivity index is 1.72. The highest BCUT2D eigenvalue weighted by atomic mass is 32.2. The van der Waals surface area contributed by atoms with Crippen LogP contribution in [0.3, 0.4) is 0 Å². The normalized spacial score (nSPS) is 16.0. The largest absolute Gasteiger partial charge is 0.338 e. The lowest BCUT2D eigenvalue weighted by molar-refractivity contribution is 0.382. The van der Waals surface area contributed by atoms with Crippen molar-refractivity contribution in [2.45, 2.75) is 4.90 Å². The fourth-order valence-corrected chi connectivity index (χ4v) is 3.88. The first-order valence-corrected chi connectivity index (χ1v) is 8.58. The van der Waals surface area contributed by atoms with Crippen LogP contribution < -0.4 is 4.90 Å². The van der Waals surface area contributed by atoms with Gasteiger partial charge in [-0.15, -0.1) is 0 Å². The van der Waals surface area contributed by atoms with E-state index in [1.54, 1.807) is 36.4 Å². The van der Waals surface area contributed by atoms with Gasteiger partial charge in [-0.05, 0) is 18.2 Å². The van der Waals surface area contributed by atoms with E-state index in [0.29, 0.717) is 42.7 Å². The Bertz CT molecular complexity index is 824. The molecule has 0 aliphatic carbocycles. The molecule has 8 heteroatoms. The van der Waals surface area contributed by atoms with Crippen LogP contribution in [0.1, 0.15) is 5.69 Å². The molecule has 2 aromatic rings. The van der Waals surface area contributed by atoms with Crippen molar-refractivity contribution in [1.29, 1.82) is 5.26 Å². The molecular weight excluding hydrogens is 314 g/mol. The molecule has 1 saturated heterocycles. The lowest BCUT2D eigenvalue weighted by atomic mass is 10.4. The van der Waals surface area contributed by atoms with E-state index in [1.807, 2.05) is 11.0 Å². The first-order valence-electron chi connectivity index (χ1n) is 7.14. The number of anilines is 1. The Morgan fingerprint density at radius 3 is 2.39 bits per heavy atom. The number of nitriles is 1. The molecule has 0 atom stereocenters. The Kier molecular flexibility index (Phi) is 4.23. The van der Waals surface area contributed by atoms with Gasteiger partial charge >= 0.3 is 0 Å². The number of benzene rings is 1. The van der Waals surface area contributed by atoms with Crippen molar-refractivity contribution in [3.8, 4) is 6.07 Å². The summed E-state index contributed by atoms with van der Waals surface area (Å²) in [7, 11) is -3.47. The Hall–Kier alpha value is -2.50. The van der Waals surface area contributed by atoms with Crippen molar-refractivity contribution in [1.82, 2.24) is 14.3 Å². The van der Waals surface area contributed by atoms with Gasteiger partial charge in [0.15, 0.2) is 0 Å². The second kappa shape index (κ2) is 6.32. The first kappa shape index (κ1) is 15.4. The molecule has 0 bridgehead atoms. The average Bonchev–Trinajstić information content (AvgIpc) is 2.62. The summed E-state index contributed by atoms with van der Waals surface area (Å²) in [5.74, 6) is 0.459. The van der Waals surface area contributed by atoms with Gasteiger partial charge in [0.1, 0.15) is 11.8 Å². The summed E-state index contributed by atoms with van der Waals surface area (Å²) in [5.41, 5.74) is 0.300. The van der Waals surface area contributed by atoms with Crippen LogP contribution in [0.25, 0.3) is 0 Å². The second-order valence-electron chi connectivity index (χ2n) is 5.06. The van der Waals surface area contributed by atoms with E-state index in [-0.39, 0.29) is 0 Å². The fourth-order valence-electron chi connectivity index (χ4n) is 2.43. The van der Waals surface area contributed by atoms with Crippen molar-refractivity contribution in [2.75, 3.05) is 31.1 Å². The maximum absolute atomic E-state index is 12.6. The van der Waals surface area contributed by atoms with Gasteiger partial charge in [-0.2, -0.15) is 9.57 Å². The summed E-state index contributed by atoms with van der Waals surface area (Å²) >= 11 is 0. The van der Waals surface area contributed by atoms with Gasteiger partial charge in [0.05, 0.1) is 4.90 Å². The maximum Gasteiger partial charge on any atom is 0.243 e. The van der Waals surface area contributed by atoms with Crippen molar-refractivity contribution in [3.63, 3.8) is 0 Å². The molecule has 3 rings (SSSR count). The number of sulfonamides is 1. The minimum absolute atomic E-state index is 0.300. The molecule has 0 N–H and O–H groups in total. The highest BCUT2D eigenvalue weighted by Crippen LogP contribution is 2.18. The third kappa shape index (κ3) is 3.16. The number of piperazine rings is 1. The summed E-state index contributed by atoms with van der Waals surface area (Å²) in [6.07, 6.45) is 1.54. The SMILES string of the molecule is N#Cc1ccnc(N2CCN(S(=O)(=O)c3ccccc3)CC2)n1. The van der Waals surface area contributed by atoms with Crippen LogP contribution in [-0.4, -0.2) is 48.9 Å². The molecule has 0 spiro atoms. The van der Waals surface area contributed by atoms with E-state index in [2.05, 4.69) is 9.97 Å². The fraction of sp³-hybridized carbons (Fsp3) is 0.267. The third-order valence-corrected chi connectivity index (χ3v) is 5.57. The molecular formula is C15H15N5O2S. The van der Waals surface area contributed by atoms with Crippen LogP contribution in [0.2, 0.25) is 0 Å². The predicted molar refractivity (Wildman–Crippen MR) is 84.2 cm³/mol. The Labute approximate surface area is 134 Å². The van der Waals surface area contributed by atoms with E-state index >= 15 is 0 Å². The van der Waals surface area contributed by atoms with Crippen LogP contribution in [0.15, 0.2) is 47.5 Å². The summed E-state index contributed by atoms with van der Waals surface area (Å²) in [6, 6.07) is 11.9. The molecule has 2 heterocycles. The van der Waals surface area contributed by atoms with Crippen molar-refractivity contribution in [2.24, 2.45) is 0 Å². The van der Waals surface area contributed by atoms with Crippen LogP contribution in [-0.2, 0) is 10.0 Å². The summed E-state index contributed by atoms with van der Waals surface area (Å²) in [6.45, 7) is 1.69. The summed E-state index contributed by atoms with van der Waals surface area (Å²) in [4.78, 5) is 10.5. The third-order valence-electron chi connectivity index (χ3n) is 3.66. The summed E-state index contributed by atoms with van der Waals surface area (Å²) in [5, 5.41) is 8.89. The van der Waals surface area contributed by atoms with Crippen molar-refractivity contribution < 1.29 is 8.42 Å². The monoisotopic (exact) mass is 329 g/mol. The van der Waals surface area contributed by atoms with E-state index in [0.717, 1.165) is 0 Å². The molecule has 7 nitrogen and oxygen atoms in total. The minimum atomic E-state index is -3.47. The number of hydrogen-bond acceptors (Lipinski definition) is 6. The van der Waals surface area contributed by atoms with Gasteiger partial charge < -0.3 is 4.90 Å². The van der Waals surface area contributed by atoms with E-state index in [9.17, 15) is 8.42 Å². The Morgan fingerprint density at radius 1 is 1.04 bits per heavy atom. The molecule has 0 unspecified atom stereocenters. The smallest absolute Gasteiger partial charge is 0.243 e. The molecule has 1 aliphatic rings. The van der Waals surface area contributed by atoms with Gasteiger partial charge in [0, 0.05) is 32.4 Å². The maximum atomic E-state index is 12.6. The molecule has 1 aliphatic heterocycles. The number of rotatable bonds is 3. The van der Waals surface area contributed by atoms with Crippen LogP contribution >= 0.6 is 0 Å². The van der Waals surface area contributed by atoms with Crippen LogP contribution in [0.4, 0.5) is 5.95 Å². The zero-order chi connectivity index (χ0) is 16.3. The number of nitrogens with zero attached hydrogens (tertiary/aromatic N) is 5. The van der Waals surface area contributed by atoms with Crippen LogP contribution in [0, 0.1) is 11.3 Å². The van der Waals surface area contributed by atoms with E-state index in [1.165, 1.54) is 10.5 Å². The number of aromatic nitrogens is 2. The zero-order valence-corrected chi connectivity index (χ0v) is 13.1. The molecule has 118 valence electrons. The molecule has 1 aromatic carbocycles. The predicted octanol–water partition coefficient (Wildman–Crippen LogP) is 0.859. The highest BCUT2D eigenvalue weighted by Gasteiger charge is 2.29. The number of hydrogen-bond donors (Lipinski definition) is 0. The molecule has 1 aromatic heterocycles. The van der Waals surface area contributed by atoms with E-state index in [4.69, 9.17) is 5.26 Å². The lowest BCUT2D eigenvalue weighted by Gasteiger charge is -2.33. The summed E-state index contributed by atoms with van der Waals surface area (Å²) < 4.78 is 26.6. The second-order valence-corrected chi connectivity index (χ2v) is 7.00. The van der Waals surface area contributed by atoms with E-state index < -0.39 is 10.0 Å². The van der Waals surface area contributed by atoms with Crippen LogP contribution in [0.5, 0.6) is 0 Å². The Morgan fingerprint density at radius 2 is 1.74 bits per heavy atom. The average molecular weight is 329 g/mol. The molecule has 23 heavy (non-hydrogen) atoms. The van der Waals surface area contributed by atoms with Gasteiger partial charge in [-0.25, -0.2) is 18.4 Å². The molecule has 0 amide bonds.